The van der Waals surface area contributed by atoms with Crippen molar-refractivity contribution in [3.8, 4) is 16.3 Å². The molecule has 3 fully saturated rings. The predicted molar refractivity (Wildman–Crippen MR) is 222 cm³/mol. The molecule has 0 bridgehead atoms. The minimum absolute atomic E-state index is 0.0371. The van der Waals surface area contributed by atoms with E-state index in [-0.39, 0.29) is 29.9 Å². The van der Waals surface area contributed by atoms with Gasteiger partial charge in [0, 0.05) is 39.7 Å². The molecule has 6 atom stereocenters. The van der Waals surface area contributed by atoms with E-state index in [4.69, 9.17) is 16.7 Å². The fraction of sp³-hybridized carbons (Fsp3) is 0.283. The number of hydrogen-bond acceptors (Lipinski definition) is 7. The molecule has 11 heteroatoms. The normalized spacial score (nSPS) is 25.7. The Bertz CT molecular complexity index is 2790. The Morgan fingerprint density at radius 2 is 1.67 bits per heavy atom. The van der Waals surface area contributed by atoms with Crippen molar-refractivity contribution in [1.82, 2.24) is 9.78 Å². The summed E-state index contributed by atoms with van der Waals surface area (Å²) in [5.74, 6) is -4.38. The Morgan fingerprint density at radius 1 is 0.895 bits per heavy atom. The van der Waals surface area contributed by atoms with Gasteiger partial charge in [-0.25, -0.2) is 4.90 Å². The van der Waals surface area contributed by atoms with Gasteiger partial charge in [0.2, 0.25) is 23.6 Å². The van der Waals surface area contributed by atoms with E-state index < -0.39 is 40.9 Å². The molecule has 2 aliphatic carbocycles. The number of thiophene rings is 1. The standard InChI is InChI=1S/C46H39ClN4O5S/c1-5-24-10-14-27(15-11-24)50-42(53)30-18-17-29-33(38(30)44(50)55)21-34-43(54)51(37-22-35(48-49(37)4)41-23(2)32-20-26(47)13-19-36(32)57-41)45(56)46(34,3)39(29)31-16-12-25-8-6-7-9-28(25)40(31)52/h6-17,19-20,22,30,33-34,38-39,52H,5,18,21H2,1-4H3. The van der Waals surface area contributed by atoms with Crippen molar-refractivity contribution in [1.29, 1.82) is 0 Å². The Kier molecular flexibility index (Phi) is 7.99. The molecule has 4 aliphatic rings. The van der Waals surface area contributed by atoms with Crippen LogP contribution in [0.4, 0.5) is 11.5 Å². The van der Waals surface area contributed by atoms with Crippen LogP contribution in [0.2, 0.25) is 5.02 Å². The Morgan fingerprint density at radius 3 is 2.44 bits per heavy atom. The van der Waals surface area contributed by atoms with Crippen LogP contribution in [-0.4, -0.2) is 38.5 Å². The maximum Gasteiger partial charge on any atom is 0.242 e. The lowest BCUT2D eigenvalue weighted by molar-refractivity contribution is -0.131. The molecule has 4 aromatic carbocycles. The summed E-state index contributed by atoms with van der Waals surface area (Å²) in [7, 11) is 1.73. The molecule has 1 saturated carbocycles. The van der Waals surface area contributed by atoms with Crippen LogP contribution in [0, 0.1) is 36.0 Å². The number of imide groups is 2. The average Bonchev–Trinajstić information content (AvgIpc) is 3.88. The maximum atomic E-state index is 15.3. The first-order valence-corrected chi connectivity index (χ1v) is 20.6. The van der Waals surface area contributed by atoms with Gasteiger partial charge in [0.15, 0.2) is 0 Å². The van der Waals surface area contributed by atoms with Crippen LogP contribution in [0.25, 0.3) is 31.4 Å². The van der Waals surface area contributed by atoms with Crippen molar-refractivity contribution in [2.45, 2.75) is 46.0 Å². The number of allylic oxidation sites excluding steroid dienone is 2. The first-order valence-electron chi connectivity index (χ1n) is 19.4. The van der Waals surface area contributed by atoms with Crippen molar-refractivity contribution in [3.63, 3.8) is 0 Å². The SMILES string of the molecule is CCc1ccc(N2C(=O)C3CC=C4C(CC5C(=O)N(c6cc(-c7sc8ccc(Cl)cc8c7C)nn6C)C(=O)C5(C)C4c4ccc5ccccc5c4O)C3C2=O)cc1. The zero-order chi connectivity index (χ0) is 39.7. The van der Waals surface area contributed by atoms with Gasteiger partial charge < -0.3 is 5.11 Å². The summed E-state index contributed by atoms with van der Waals surface area (Å²) >= 11 is 7.91. The second kappa shape index (κ2) is 12.7. The van der Waals surface area contributed by atoms with Crippen LogP contribution in [0.15, 0.2) is 96.6 Å². The molecule has 10 rings (SSSR count). The Balaban J connectivity index is 1.10. The molecular weight excluding hydrogens is 756 g/mol. The molecule has 286 valence electrons. The van der Waals surface area contributed by atoms with E-state index >= 15 is 9.59 Å². The van der Waals surface area contributed by atoms with Gasteiger partial charge in [0.25, 0.3) is 0 Å². The molecule has 9 nitrogen and oxygen atoms in total. The van der Waals surface area contributed by atoms with Gasteiger partial charge >= 0.3 is 0 Å². The number of carbonyl (C=O) groups excluding carboxylic acids is 4. The van der Waals surface area contributed by atoms with E-state index in [2.05, 4.69) is 6.92 Å². The summed E-state index contributed by atoms with van der Waals surface area (Å²) in [6, 6.07) is 26.4. The van der Waals surface area contributed by atoms with Crippen molar-refractivity contribution >= 4 is 78.9 Å². The highest BCUT2D eigenvalue weighted by molar-refractivity contribution is 7.22. The van der Waals surface area contributed by atoms with E-state index in [9.17, 15) is 14.7 Å². The molecule has 0 spiro atoms. The number of carbonyl (C=O) groups is 4. The second-order valence-electron chi connectivity index (χ2n) is 16.1. The minimum atomic E-state index is -1.33. The molecule has 2 aliphatic heterocycles. The van der Waals surface area contributed by atoms with Crippen molar-refractivity contribution in [2.75, 3.05) is 9.80 Å². The summed E-state index contributed by atoms with van der Waals surface area (Å²) in [5, 5.41) is 20.0. The Hall–Kier alpha value is -5.58. The highest BCUT2D eigenvalue weighted by Gasteiger charge is 2.68. The Labute approximate surface area is 338 Å². The van der Waals surface area contributed by atoms with Gasteiger partial charge in [-0.1, -0.05) is 78.7 Å². The number of benzene rings is 4. The van der Waals surface area contributed by atoms with Crippen LogP contribution in [-0.2, 0) is 32.6 Å². The van der Waals surface area contributed by atoms with Crippen molar-refractivity contribution in [3.05, 3.63) is 118 Å². The fourth-order valence-corrected chi connectivity index (χ4v) is 11.8. The third-order valence-electron chi connectivity index (χ3n) is 13.3. The van der Waals surface area contributed by atoms with E-state index in [0.717, 1.165) is 43.5 Å². The van der Waals surface area contributed by atoms with E-state index in [1.807, 2.05) is 98.8 Å². The molecule has 6 aromatic rings. The van der Waals surface area contributed by atoms with Crippen LogP contribution in [0.1, 0.15) is 49.3 Å². The van der Waals surface area contributed by atoms with E-state index in [0.29, 0.717) is 39.6 Å². The number of halogens is 1. The number of fused-ring (bicyclic) bond motifs is 6. The summed E-state index contributed by atoms with van der Waals surface area (Å²) in [5.41, 5.74) is 3.28. The molecule has 4 amide bonds. The van der Waals surface area contributed by atoms with Gasteiger partial charge in [-0.3, -0.25) is 28.8 Å². The molecule has 1 N–H and O–H groups in total. The summed E-state index contributed by atoms with van der Waals surface area (Å²) in [6.07, 6.45) is 3.36. The number of anilines is 2. The largest absolute Gasteiger partial charge is 0.507 e. The predicted octanol–water partition coefficient (Wildman–Crippen LogP) is 9.12. The molecule has 2 saturated heterocycles. The van der Waals surface area contributed by atoms with Crippen molar-refractivity contribution < 1.29 is 24.3 Å². The van der Waals surface area contributed by atoms with E-state index in [1.54, 1.807) is 29.1 Å². The third kappa shape index (κ3) is 4.96. The highest BCUT2D eigenvalue weighted by atomic mass is 35.5. The number of rotatable bonds is 5. The number of phenolic OH excluding ortho intramolecular Hbond substituents is 1. The quantitative estimate of drug-likeness (QED) is 0.138. The van der Waals surface area contributed by atoms with Crippen LogP contribution in [0.5, 0.6) is 5.75 Å². The zero-order valence-corrected chi connectivity index (χ0v) is 33.4. The number of amides is 4. The number of aromatic nitrogens is 2. The minimum Gasteiger partial charge on any atom is -0.507 e. The number of phenols is 1. The average molecular weight is 795 g/mol. The maximum absolute atomic E-state index is 15.3. The molecule has 6 unspecified atom stereocenters. The molecule has 4 heterocycles. The topological polar surface area (TPSA) is 113 Å². The lowest BCUT2D eigenvalue weighted by Gasteiger charge is -2.49. The number of aromatic hydroxyl groups is 1. The van der Waals surface area contributed by atoms with Crippen LogP contribution in [0.3, 0.4) is 0 Å². The van der Waals surface area contributed by atoms with Crippen molar-refractivity contribution in [2.24, 2.45) is 36.1 Å². The van der Waals surface area contributed by atoms with Gasteiger partial charge in [-0.05, 0) is 91.3 Å². The third-order valence-corrected chi connectivity index (χ3v) is 14.9. The zero-order valence-electron chi connectivity index (χ0n) is 31.8. The molecular formula is C46H39ClN4O5S. The van der Waals surface area contributed by atoms with Gasteiger partial charge in [-0.15, -0.1) is 11.3 Å². The smallest absolute Gasteiger partial charge is 0.242 e. The lowest BCUT2D eigenvalue weighted by Crippen LogP contribution is -2.49. The van der Waals surface area contributed by atoms with Gasteiger partial charge in [0.1, 0.15) is 17.3 Å². The molecule has 0 radical (unpaired) electrons. The van der Waals surface area contributed by atoms with Crippen LogP contribution < -0.4 is 9.80 Å². The number of hydrogen-bond donors (Lipinski definition) is 1. The van der Waals surface area contributed by atoms with Gasteiger partial charge in [-0.2, -0.15) is 5.10 Å². The summed E-state index contributed by atoms with van der Waals surface area (Å²) in [4.78, 5) is 62.5. The number of aryl methyl sites for hydroxylation is 3. The molecule has 2 aromatic heterocycles. The summed E-state index contributed by atoms with van der Waals surface area (Å²) < 4.78 is 2.63. The second-order valence-corrected chi connectivity index (χ2v) is 17.6. The molecule has 57 heavy (non-hydrogen) atoms. The first-order chi connectivity index (χ1) is 27.4. The van der Waals surface area contributed by atoms with Gasteiger partial charge in [0.05, 0.1) is 33.7 Å². The fourth-order valence-electron chi connectivity index (χ4n) is 10.4. The monoisotopic (exact) mass is 794 g/mol. The number of nitrogens with zero attached hydrogens (tertiary/aromatic N) is 4. The highest BCUT2D eigenvalue weighted by Crippen LogP contribution is 2.65. The first kappa shape index (κ1) is 35.8. The summed E-state index contributed by atoms with van der Waals surface area (Å²) in [6.45, 7) is 5.90. The lowest BCUT2D eigenvalue weighted by atomic mass is 9.51. The van der Waals surface area contributed by atoms with Crippen LogP contribution >= 0.6 is 22.9 Å². The van der Waals surface area contributed by atoms with E-state index in [1.165, 1.54) is 9.80 Å².